The van der Waals surface area contributed by atoms with Crippen molar-refractivity contribution < 1.29 is 8.42 Å². The number of hydrogen-bond donors (Lipinski definition) is 2. The van der Waals surface area contributed by atoms with Crippen LogP contribution in [0.4, 0.5) is 5.69 Å². The number of rotatable bonds is 3. The number of hydrogen-bond acceptors (Lipinski definition) is 5. The molecular formula is C11H10BrN3O2S2. The molecule has 0 spiro atoms. The van der Waals surface area contributed by atoms with Crippen LogP contribution in [0.25, 0.3) is 0 Å². The fraction of sp³-hybridized carbons (Fsp3) is 0. The normalized spacial score (nSPS) is 11.5. The van der Waals surface area contributed by atoms with Gasteiger partial charge in [-0.1, -0.05) is 11.8 Å². The van der Waals surface area contributed by atoms with Gasteiger partial charge in [0, 0.05) is 16.8 Å². The van der Waals surface area contributed by atoms with Gasteiger partial charge in [-0.2, -0.15) is 0 Å². The van der Waals surface area contributed by atoms with E-state index in [9.17, 15) is 8.42 Å². The highest BCUT2D eigenvalue weighted by Gasteiger charge is 2.11. The summed E-state index contributed by atoms with van der Waals surface area (Å²) < 4.78 is 23.5. The van der Waals surface area contributed by atoms with Crippen molar-refractivity contribution in [1.29, 1.82) is 0 Å². The van der Waals surface area contributed by atoms with Crippen molar-refractivity contribution in [3.8, 4) is 0 Å². The number of sulfonamides is 1. The van der Waals surface area contributed by atoms with Crippen LogP contribution in [-0.4, -0.2) is 13.4 Å². The first kappa shape index (κ1) is 14.3. The van der Waals surface area contributed by atoms with Crippen LogP contribution in [0, 0.1) is 0 Å². The quantitative estimate of drug-likeness (QED) is 0.818. The smallest absolute Gasteiger partial charge is 0.238 e. The number of halogens is 1. The molecule has 1 aromatic heterocycles. The van der Waals surface area contributed by atoms with E-state index in [-0.39, 0.29) is 4.90 Å². The summed E-state index contributed by atoms with van der Waals surface area (Å²) in [6, 6.07) is 8.11. The zero-order valence-electron chi connectivity index (χ0n) is 9.58. The number of nitrogen functional groups attached to an aromatic ring is 1. The molecule has 0 bridgehead atoms. The maximum Gasteiger partial charge on any atom is 0.238 e. The van der Waals surface area contributed by atoms with Crippen molar-refractivity contribution in [1.82, 2.24) is 4.98 Å². The van der Waals surface area contributed by atoms with E-state index in [4.69, 9.17) is 10.9 Å². The summed E-state index contributed by atoms with van der Waals surface area (Å²) in [6.45, 7) is 0. The van der Waals surface area contributed by atoms with E-state index in [1.54, 1.807) is 18.3 Å². The lowest BCUT2D eigenvalue weighted by molar-refractivity contribution is 0.597. The molecule has 5 nitrogen and oxygen atoms in total. The lowest BCUT2D eigenvalue weighted by atomic mass is 10.3. The van der Waals surface area contributed by atoms with Crippen molar-refractivity contribution in [2.75, 3.05) is 5.73 Å². The molecule has 8 heteroatoms. The number of nitrogens with two attached hydrogens (primary N) is 2. The van der Waals surface area contributed by atoms with E-state index in [2.05, 4.69) is 20.9 Å². The lowest BCUT2D eigenvalue weighted by Gasteiger charge is -2.06. The number of aromatic nitrogens is 1. The number of primary sulfonamides is 1. The Kier molecular flexibility index (Phi) is 4.14. The predicted molar refractivity (Wildman–Crippen MR) is 78.3 cm³/mol. The Bertz CT molecular complexity index is 720. The zero-order valence-corrected chi connectivity index (χ0v) is 12.8. The highest BCUT2D eigenvalue weighted by atomic mass is 79.9. The van der Waals surface area contributed by atoms with Gasteiger partial charge in [-0.25, -0.2) is 18.5 Å². The molecule has 0 unspecified atom stereocenters. The molecule has 0 atom stereocenters. The molecule has 0 amide bonds. The molecule has 4 N–H and O–H groups in total. The highest BCUT2D eigenvalue weighted by molar-refractivity contribution is 9.10. The molecular weight excluding hydrogens is 350 g/mol. The van der Waals surface area contributed by atoms with E-state index in [0.717, 1.165) is 4.47 Å². The van der Waals surface area contributed by atoms with Crippen molar-refractivity contribution in [2.45, 2.75) is 14.8 Å². The fourth-order valence-electron chi connectivity index (χ4n) is 1.37. The second kappa shape index (κ2) is 5.49. The SMILES string of the molecule is Nc1cc(Sc2ncccc2Br)cc(S(N)(=O)=O)c1. The molecule has 0 fully saturated rings. The highest BCUT2D eigenvalue weighted by Crippen LogP contribution is 2.33. The largest absolute Gasteiger partial charge is 0.399 e. The van der Waals surface area contributed by atoms with Crippen LogP contribution in [0.5, 0.6) is 0 Å². The minimum Gasteiger partial charge on any atom is -0.399 e. The minimum absolute atomic E-state index is 0.0120. The maximum atomic E-state index is 11.3. The Morgan fingerprint density at radius 2 is 2.00 bits per heavy atom. The fourth-order valence-corrected chi connectivity index (χ4v) is 3.42. The van der Waals surface area contributed by atoms with Gasteiger partial charge in [0.15, 0.2) is 0 Å². The number of nitrogens with zero attached hydrogens (tertiary/aromatic N) is 1. The second-order valence-corrected chi connectivity index (χ2v) is 7.15. The molecule has 0 aliphatic rings. The van der Waals surface area contributed by atoms with Crippen molar-refractivity contribution in [3.63, 3.8) is 0 Å². The predicted octanol–water partition coefficient (Wildman–Crippen LogP) is 2.22. The van der Waals surface area contributed by atoms with Crippen LogP contribution in [0.15, 0.2) is 55.8 Å². The van der Waals surface area contributed by atoms with Gasteiger partial charge in [0.05, 0.1) is 9.37 Å². The molecule has 2 aromatic rings. The third-order valence-electron chi connectivity index (χ3n) is 2.17. The minimum atomic E-state index is -3.78. The Morgan fingerprint density at radius 3 is 2.63 bits per heavy atom. The van der Waals surface area contributed by atoms with E-state index < -0.39 is 10.0 Å². The number of pyridine rings is 1. The van der Waals surface area contributed by atoms with Gasteiger partial charge >= 0.3 is 0 Å². The first-order valence-electron chi connectivity index (χ1n) is 5.08. The van der Waals surface area contributed by atoms with Crippen LogP contribution in [0.3, 0.4) is 0 Å². The van der Waals surface area contributed by atoms with Crippen molar-refractivity contribution >= 4 is 43.4 Å². The summed E-state index contributed by atoms with van der Waals surface area (Å²) in [6.07, 6.45) is 1.65. The molecule has 1 aromatic carbocycles. The number of benzene rings is 1. The van der Waals surface area contributed by atoms with Crippen LogP contribution in [0.1, 0.15) is 0 Å². The first-order chi connectivity index (χ1) is 8.86. The molecule has 100 valence electrons. The van der Waals surface area contributed by atoms with E-state index in [1.165, 1.54) is 23.9 Å². The maximum absolute atomic E-state index is 11.3. The molecule has 1 heterocycles. The Hall–Kier alpha value is -1.09. The molecule has 0 aliphatic carbocycles. The average Bonchev–Trinajstić information content (AvgIpc) is 2.30. The van der Waals surface area contributed by atoms with Crippen LogP contribution < -0.4 is 10.9 Å². The summed E-state index contributed by atoms with van der Waals surface area (Å²) in [5.74, 6) is 0. The molecule has 19 heavy (non-hydrogen) atoms. The van der Waals surface area contributed by atoms with Crippen LogP contribution >= 0.6 is 27.7 Å². The topological polar surface area (TPSA) is 99.1 Å². The van der Waals surface area contributed by atoms with Crippen LogP contribution in [-0.2, 0) is 10.0 Å². The van der Waals surface area contributed by atoms with Gasteiger partial charge in [-0.3, -0.25) is 0 Å². The second-order valence-electron chi connectivity index (χ2n) is 3.68. The average molecular weight is 360 g/mol. The summed E-state index contributed by atoms with van der Waals surface area (Å²) in [4.78, 5) is 4.83. The van der Waals surface area contributed by atoms with Gasteiger partial charge in [0.2, 0.25) is 10.0 Å². The van der Waals surface area contributed by atoms with Gasteiger partial charge in [-0.05, 0) is 46.3 Å². The zero-order chi connectivity index (χ0) is 14.0. The Balaban J connectivity index is 2.42. The molecule has 0 radical (unpaired) electrons. The van der Waals surface area contributed by atoms with Gasteiger partial charge in [0.1, 0.15) is 5.03 Å². The Morgan fingerprint density at radius 1 is 1.26 bits per heavy atom. The van der Waals surface area contributed by atoms with Gasteiger partial charge in [-0.15, -0.1) is 0 Å². The van der Waals surface area contributed by atoms with Gasteiger partial charge in [0.25, 0.3) is 0 Å². The monoisotopic (exact) mass is 359 g/mol. The third kappa shape index (κ3) is 3.69. The standard InChI is InChI=1S/C11H10BrN3O2S2/c12-10-2-1-3-15-11(10)18-8-4-7(13)5-9(6-8)19(14,16)17/h1-6H,13H2,(H2,14,16,17). The summed E-state index contributed by atoms with van der Waals surface area (Å²) in [5.41, 5.74) is 6.02. The first-order valence-corrected chi connectivity index (χ1v) is 8.23. The van der Waals surface area contributed by atoms with Crippen molar-refractivity contribution in [2.24, 2.45) is 5.14 Å². The Labute approximate surface area is 123 Å². The third-order valence-corrected chi connectivity index (χ3v) is 4.96. The summed E-state index contributed by atoms with van der Waals surface area (Å²) in [5, 5.41) is 5.82. The van der Waals surface area contributed by atoms with Crippen molar-refractivity contribution in [3.05, 3.63) is 41.0 Å². The molecule has 0 aliphatic heterocycles. The molecule has 0 saturated carbocycles. The van der Waals surface area contributed by atoms with Crippen LogP contribution in [0.2, 0.25) is 0 Å². The lowest BCUT2D eigenvalue weighted by Crippen LogP contribution is -2.12. The molecule has 2 rings (SSSR count). The summed E-state index contributed by atoms with van der Waals surface area (Å²) >= 11 is 4.67. The number of anilines is 1. The van der Waals surface area contributed by atoms with E-state index >= 15 is 0 Å². The van der Waals surface area contributed by atoms with E-state index in [1.807, 2.05) is 6.07 Å². The van der Waals surface area contributed by atoms with E-state index in [0.29, 0.717) is 15.6 Å². The molecule has 0 saturated heterocycles. The summed E-state index contributed by atoms with van der Waals surface area (Å²) in [7, 11) is -3.78. The van der Waals surface area contributed by atoms with Gasteiger partial charge < -0.3 is 5.73 Å².